The molecule has 0 amide bonds. The number of carbonyl (C=O) groups excluding carboxylic acids is 1. The molecule has 5 nitrogen and oxygen atoms in total. The number of benzene rings is 2. The summed E-state index contributed by atoms with van der Waals surface area (Å²) in [5, 5.41) is 18.6. The Kier molecular flexibility index (Phi) is 10.3. The first kappa shape index (κ1) is 29.7. The number of hydrogen-bond donors (Lipinski definition) is 2. The fraction of sp³-hybridized carbons (Fsp3) is 0.485. The zero-order valence-corrected chi connectivity index (χ0v) is 24.0. The average Bonchev–Trinajstić information content (AvgIpc) is 2.86. The summed E-state index contributed by atoms with van der Waals surface area (Å²) in [6.07, 6.45) is 5.30. The van der Waals surface area contributed by atoms with Crippen molar-refractivity contribution in [2.45, 2.75) is 72.8 Å². The van der Waals surface area contributed by atoms with Gasteiger partial charge in [-0.15, -0.1) is 0 Å². The van der Waals surface area contributed by atoms with Crippen molar-refractivity contribution in [3.8, 4) is 0 Å². The van der Waals surface area contributed by atoms with E-state index in [1.54, 1.807) is 0 Å². The van der Waals surface area contributed by atoms with Crippen LogP contribution >= 0.6 is 0 Å². The van der Waals surface area contributed by atoms with Gasteiger partial charge in [0.25, 0.3) is 0 Å². The fourth-order valence-corrected chi connectivity index (χ4v) is 5.28. The lowest BCUT2D eigenvalue weighted by Gasteiger charge is -2.31. The minimum absolute atomic E-state index is 0.0305. The molecular weight excluding hydrogens is 474 g/mol. The number of nitrogens with zero attached hydrogens (tertiary/aromatic N) is 1. The predicted octanol–water partition coefficient (Wildman–Crippen LogP) is 6.60. The van der Waals surface area contributed by atoms with Crippen LogP contribution in [0.1, 0.15) is 88.5 Å². The number of anilines is 1. The molecule has 0 unspecified atom stereocenters. The minimum Gasteiger partial charge on any atom is -0.485 e. The molecule has 3 rings (SSSR count). The van der Waals surface area contributed by atoms with Crippen LogP contribution in [0.25, 0.3) is 6.08 Å². The molecule has 5 heteroatoms. The Morgan fingerprint density at radius 1 is 0.895 bits per heavy atom. The van der Waals surface area contributed by atoms with Crippen LogP contribution in [0.15, 0.2) is 59.9 Å². The Hall–Kier alpha value is -2.89. The van der Waals surface area contributed by atoms with Gasteiger partial charge in [0, 0.05) is 25.2 Å². The normalized spacial score (nSPS) is 15.7. The molecular formula is C33H45NO4. The van der Waals surface area contributed by atoms with Crippen LogP contribution in [0.5, 0.6) is 0 Å². The number of ketones is 1. The van der Waals surface area contributed by atoms with Crippen LogP contribution in [0.4, 0.5) is 5.69 Å². The third kappa shape index (κ3) is 7.58. The topological polar surface area (TPSA) is 70.0 Å². The second-order valence-electron chi connectivity index (χ2n) is 11.7. The van der Waals surface area contributed by atoms with E-state index in [1.807, 2.05) is 41.3 Å². The number of hydrogen-bond acceptors (Lipinski definition) is 5. The number of carbonyl (C=O) groups is 1. The van der Waals surface area contributed by atoms with Gasteiger partial charge in [-0.1, -0.05) is 84.0 Å². The Labute approximate surface area is 228 Å². The molecule has 1 aliphatic carbocycles. The molecule has 2 aromatic carbocycles. The van der Waals surface area contributed by atoms with E-state index in [-0.39, 0.29) is 24.4 Å². The van der Waals surface area contributed by atoms with Gasteiger partial charge >= 0.3 is 0 Å². The van der Waals surface area contributed by atoms with E-state index in [0.29, 0.717) is 43.7 Å². The summed E-state index contributed by atoms with van der Waals surface area (Å²) in [7, 11) is 0. The maximum Gasteiger partial charge on any atom is 0.198 e. The quantitative estimate of drug-likeness (QED) is 0.331. The predicted molar refractivity (Wildman–Crippen MR) is 156 cm³/mol. The van der Waals surface area contributed by atoms with Crippen LogP contribution in [-0.2, 0) is 16.1 Å². The number of aliphatic hydroxyl groups excluding tert-OH is 2. The van der Waals surface area contributed by atoms with Gasteiger partial charge in [-0.25, -0.2) is 0 Å². The lowest BCUT2D eigenvalue weighted by atomic mass is 9.76. The number of aliphatic hydroxyl groups is 2. The van der Waals surface area contributed by atoms with Crippen molar-refractivity contribution in [3.63, 3.8) is 0 Å². The van der Waals surface area contributed by atoms with Crippen molar-refractivity contribution in [2.75, 3.05) is 31.2 Å². The second kappa shape index (κ2) is 13.3. The average molecular weight is 520 g/mol. The number of allylic oxidation sites excluding steroid dienone is 3. The molecule has 0 saturated heterocycles. The van der Waals surface area contributed by atoms with Crippen molar-refractivity contribution in [2.24, 2.45) is 5.41 Å². The maximum atomic E-state index is 13.3. The van der Waals surface area contributed by atoms with Crippen LogP contribution in [0.3, 0.4) is 0 Å². The van der Waals surface area contributed by atoms with E-state index in [0.717, 1.165) is 23.2 Å². The van der Waals surface area contributed by atoms with Gasteiger partial charge in [0.15, 0.2) is 11.5 Å². The second-order valence-corrected chi connectivity index (χ2v) is 11.7. The molecule has 2 aromatic rings. The van der Waals surface area contributed by atoms with Gasteiger partial charge in [0.2, 0.25) is 0 Å². The number of ether oxygens (including phenoxy) is 1. The van der Waals surface area contributed by atoms with Crippen molar-refractivity contribution < 1.29 is 19.7 Å². The van der Waals surface area contributed by atoms with E-state index < -0.39 is 0 Å². The highest BCUT2D eigenvalue weighted by atomic mass is 16.5. The Balaban J connectivity index is 1.90. The molecule has 0 spiro atoms. The maximum absolute atomic E-state index is 13.3. The molecule has 0 fully saturated rings. The highest BCUT2D eigenvalue weighted by Crippen LogP contribution is 2.39. The Morgan fingerprint density at radius 3 is 2.00 bits per heavy atom. The molecule has 0 bridgehead atoms. The zero-order chi connectivity index (χ0) is 27.9. The summed E-state index contributed by atoms with van der Waals surface area (Å²) in [6, 6.07) is 14.5. The van der Waals surface area contributed by atoms with Crippen molar-refractivity contribution >= 4 is 17.5 Å². The molecule has 206 valence electrons. The molecule has 0 aromatic heterocycles. The van der Waals surface area contributed by atoms with Gasteiger partial charge in [-0.05, 0) is 63.6 Å². The smallest absolute Gasteiger partial charge is 0.198 e. The summed E-state index contributed by atoms with van der Waals surface area (Å²) in [5.74, 6) is 1.29. The molecule has 38 heavy (non-hydrogen) atoms. The van der Waals surface area contributed by atoms with Crippen molar-refractivity contribution in [3.05, 3.63) is 82.1 Å². The molecule has 1 aliphatic rings. The van der Waals surface area contributed by atoms with Crippen molar-refractivity contribution in [1.82, 2.24) is 0 Å². The number of Topliss-reactive ketones (excluding diaryl/α,β-unsaturated/α-hetero) is 1. The van der Waals surface area contributed by atoms with Gasteiger partial charge in [0.05, 0.1) is 13.2 Å². The monoisotopic (exact) mass is 519 g/mol. The standard InChI is InChI=1S/C33H45NO4/c1-23(2)28-8-7-9-29(24(3)4)30(28)22-38-32-26(20-33(5,6)21-31(32)37)13-10-25-11-14-27(15-12-25)34(16-18-35)17-19-36/h7-15,23-24,35-36H,16-22H2,1-6H3/b13-10+. The van der Waals surface area contributed by atoms with Gasteiger partial charge in [0.1, 0.15) is 6.61 Å². The third-order valence-corrected chi connectivity index (χ3v) is 7.18. The van der Waals surface area contributed by atoms with E-state index in [1.165, 1.54) is 16.7 Å². The summed E-state index contributed by atoms with van der Waals surface area (Å²) in [4.78, 5) is 15.2. The van der Waals surface area contributed by atoms with Crippen LogP contribution in [0.2, 0.25) is 0 Å². The van der Waals surface area contributed by atoms with Crippen molar-refractivity contribution in [1.29, 1.82) is 0 Å². The summed E-state index contributed by atoms with van der Waals surface area (Å²) >= 11 is 0. The highest BCUT2D eigenvalue weighted by Gasteiger charge is 2.33. The van der Waals surface area contributed by atoms with Gasteiger partial charge in [-0.3, -0.25) is 4.79 Å². The molecule has 0 radical (unpaired) electrons. The summed E-state index contributed by atoms with van der Waals surface area (Å²) in [5.41, 5.74) is 6.51. The number of rotatable bonds is 12. The van der Waals surface area contributed by atoms with E-state index >= 15 is 0 Å². The summed E-state index contributed by atoms with van der Waals surface area (Å²) < 4.78 is 6.39. The van der Waals surface area contributed by atoms with E-state index in [4.69, 9.17) is 4.74 Å². The van der Waals surface area contributed by atoms with E-state index in [2.05, 4.69) is 59.7 Å². The fourth-order valence-electron chi connectivity index (χ4n) is 5.28. The van der Waals surface area contributed by atoms with Gasteiger partial charge < -0.3 is 19.8 Å². The molecule has 0 saturated carbocycles. The van der Waals surface area contributed by atoms with Crippen LogP contribution in [-0.4, -0.2) is 42.3 Å². The SMILES string of the molecule is CC(C)c1cccc(C(C)C)c1COC1=C(/C=C/c2ccc(N(CCO)CCO)cc2)CC(C)(C)CC1=O. The van der Waals surface area contributed by atoms with E-state index in [9.17, 15) is 15.0 Å². The molecule has 0 aliphatic heterocycles. The first-order valence-electron chi connectivity index (χ1n) is 13.8. The lowest BCUT2D eigenvalue weighted by Crippen LogP contribution is -2.29. The lowest BCUT2D eigenvalue weighted by molar-refractivity contribution is -0.122. The molecule has 0 atom stereocenters. The minimum atomic E-state index is -0.124. The van der Waals surface area contributed by atoms with Crippen LogP contribution in [0, 0.1) is 5.41 Å². The zero-order valence-electron chi connectivity index (χ0n) is 24.0. The molecule has 2 N–H and O–H groups in total. The third-order valence-electron chi connectivity index (χ3n) is 7.18. The highest BCUT2D eigenvalue weighted by molar-refractivity contribution is 5.96. The Morgan fingerprint density at radius 2 is 1.47 bits per heavy atom. The molecule has 0 heterocycles. The first-order valence-corrected chi connectivity index (χ1v) is 13.8. The largest absolute Gasteiger partial charge is 0.485 e. The van der Waals surface area contributed by atoms with Gasteiger partial charge in [-0.2, -0.15) is 0 Å². The Bertz CT molecular complexity index is 1110. The summed E-state index contributed by atoms with van der Waals surface area (Å²) in [6.45, 7) is 14.4. The first-order chi connectivity index (χ1) is 18.1. The van der Waals surface area contributed by atoms with Crippen LogP contribution < -0.4 is 4.90 Å².